The Bertz CT molecular complexity index is 536. The maximum absolute atomic E-state index is 11.9. The van der Waals surface area contributed by atoms with Crippen molar-refractivity contribution in [2.45, 2.75) is 25.5 Å². The fraction of sp³-hybridized carbons (Fsp3) is 0.333. The molecule has 0 aromatic heterocycles. The highest BCUT2D eigenvalue weighted by Crippen LogP contribution is 2.30. The Balaban J connectivity index is 1.50. The second-order valence-electron chi connectivity index (χ2n) is 4.69. The van der Waals surface area contributed by atoms with Gasteiger partial charge in [0, 0.05) is 12.2 Å². The molecule has 98 valence electrons. The molecule has 1 aromatic rings. The molecule has 0 saturated carbocycles. The molecule has 0 unspecified atom stereocenters. The predicted molar refractivity (Wildman–Crippen MR) is 77.2 cm³/mol. The van der Waals surface area contributed by atoms with Crippen LogP contribution in [0.3, 0.4) is 0 Å². The van der Waals surface area contributed by atoms with Crippen molar-refractivity contribution in [3.05, 3.63) is 47.5 Å². The van der Waals surface area contributed by atoms with Crippen LogP contribution in [0, 0.1) is 0 Å². The van der Waals surface area contributed by atoms with E-state index in [1.165, 1.54) is 5.57 Å². The molecule has 1 atom stereocenters. The summed E-state index contributed by atoms with van der Waals surface area (Å²) in [7, 11) is 0. The van der Waals surface area contributed by atoms with E-state index < -0.39 is 0 Å². The minimum Gasteiger partial charge on any atom is -0.459 e. The van der Waals surface area contributed by atoms with Gasteiger partial charge in [0.1, 0.15) is 6.61 Å². The number of hydrogen-bond donors (Lipinski definition) is 0. The lowest BCUT2D eigenvalue weighted by Gasteiger charge is -2.07. The van der Waals surface area contributed by atoms with Crippen molar-refractivity contribution >= 4 is 22.8 Å². The van der Waals surface area contributed by atoms with Gasteiger partial charge in [-0.1, -0.05) is 42.0 Å². The first kappa shape index (κ1) is 12.5. The number of aliphatic imine (C=N–C) groups is 1. The normalized spacial score (nSPS) is 20.7. The quantitative estimate of drug-likeness (QED) is 0.611. The highest BCUT2D eigenvalue weighted by atomic mass is 32.2. The van der Waals surface area contributed by atoms with Gasteiger partial charge in [0.15, 0.2) is 6.04 Å². The van der Waals surface area contributed by atoms with E-state index in [0.29, 0.717) is 6.61 Å². The monoisotopic (exact) mass is 273 g/mol. The minimum absolute atomic E-state index is 0.212. The number of carbonyl (C=O) groups excluding carboxylic acids is 1. The second-order valence-corrected chi connectivity index (χ2v) is 5.78. The van der Waals surface area contributed by atoms with Crippen molar-refractivity contribution in [1.29, 1.82) is 0 Å². The first-order valence-corrected chi connectivity index (χ1v) is 7.38. The van der Waals surface area contributed by atoms with Gasteiger partial charge in [-0.25, -0.2) is 4.79 Å². The number of thioether (sulfide) groups is 1. The fourth-order valence-corrected chi connectivity index (χ4v) is 2.93. The molecule has 0 spiro atoms. The molecule has 3 nitrogen and oxygen atoms in total. The van der Waals surface area contributed by atoms with Gasteiger partial charge in [-0.05, 0) is 12.0 Å². The van der Waals surface area contributed by atoms with Crippen LogP contribution in [0.5, 0.6) is 0 Å². The average Bonchev–Trinajstić information content (AvgIpc) is 3.13. The van der Waals surface area contributed by atoms with E-state index in [2.05, 4.69) is 11.1 Å². The van der Waals surface area contributed by atoms with E-state index >= 15 is 0 Å². The van der Waals surface area contributed by atoms with Crippen molar-refractivity contribution in [3.63, 3.8) is 0 Å². The molecule has 1 aromatic carbocycles. The van der Waals surface area contributed by atoms with E-state index in [4.69, 9.17) is 4.74 Å². The Morgan fingerprint density at radius 1 is 1.37 bits per heavy atom. The molecular weight excluding hydrogens is 258 g/mol. The number of allylic oxidation sites excluding steroid dienone is 2. The third-order valence-corrected chi connectivity index (χ3v) is 4.14. The summed E-state index contributed by atoms with van der Waals surface area (Å²) in [5.41, 5.74) is 2.44. The topological polar surface area (TPSA) is 38.7 Å². The second kappa shape index (κ2) is 5.61. The molecule has 0 bridgehead atoms. The van der Waals surface area contributed by atoms with Crippen LogP contribution in [0.15, 0.2) is 47.0 Å². The van der Waals surface area contributed by atoms with Crippen molar-refractivity contribution in [3.8, 4) is 0 Å². The van der Waals surface area contributed by atoms with Gasteiger partial charge in [0.2, 0.25) is 0 Å². The van der Waals surface area contributed by atoms with Gasteiger partial charge in [-0.2, -0.15) is 0 Å². The number of rotatable bonds is 5. The van der Waals surface area contributed by atoms with Crippen LogP contribution in [0.2, 0.25) is 0 Å². The van der Waals surface area contributed by atoms with Crippen molar-refractivity contribution in [1.82, 2.24) is 0 Å². The molecule has 0 fully saturated rings. The van der Waals surface area contributed by atoms with E-state index in [-0.39, 0.29) is 12.0 Å². The van der Waals surface area contributed by atoms with Crippen LogP contribution in [-0.2, 0) is 16.1 Å². The summed E-state index contributed by atoms with van der Waals surface area (Å²) in [6.45, 7) is 0.330. The lowest BCUT2D eigenvalue weighted by molar-refractivity contribution is -0.145. The molecule has 1 aliphatic carbocycles. The largest absolute Gasteiger partial charge is 0.459 e. The number of esters is 1. The van der Waals surface area contributed by atoms with Gasteiger partial charge in [0.25, 0.3) is 0 Å². The molecule has 1 heterocycles. The van der Waals surface area contributed by atoms with E-state index in [9.17, 15) is 4.79 Å². The zero-order valence-electron chi connectivity index (χ0n) is 10.5. The highest BCUT2D eigenvalue weighted by molar-refractivity contribution is 8.14. The van der Waals surface area contributed by atoms with Crippen molar-refractivity contribution < 1.29 is 9.53 Å². The molecule has 3 rings (SSSR count). The number of benzene rings is 1. The zero-order valence-corrected chi connectivity index (χ0v) is 11.4. The Labute approximate surface area is 116 Å². The maximum atomic E-state index is 11.9. The lowest BCUT2D eigenvalue weighted by atomic mass is 10.2. The molecule has 1 aliphatic heterocycles. The third-order valence-electron chi connectivity index (χ3n) is 3.07. The first-order valence-electron chi connectivity index (χ1n) is 6.39. The third kappa shape index (κ3) is 3.47. The molecule has 0 amide bonds. The van der Waals surface area contributed by atoms with E-state index in [1.54, 1.807) is 11.8 Å². The van der Waals surface area contributed by atoms with Gasteiger partial charge >= 0.3 is 5.97 Å². The molecule has 0 saturated heterocycles. The SMILES string of the molecule is O=C(OCc1ccccc1)[C@@H]1CSC(CC2=CC2)=N1. The summed E-state index contributed by atoms with van der Waals surface area (Å²) in [5.74, 6) is 0.507. The van der Waals surface area contributed by atoms with Crippen LogP contribution in [0.25, 0.3) is 0 Å². The van der Waals surface area contributed by atoms with Gasteiger partial charge in [-0.15, -0.1) is 11.8 Å². The summed E-state index contributed by atoms with van der Waals surface area (Å²) in [6, 6.07) is 9.41. The molecule has 19 heavy (non-hydrogen) atoms. The van der Waals surface area contributed by atoms with Gasteiger partial charge in [-0.3, -0.25) is 4.99 Å². The Morgan fingerprint density at radius 3 is 2.89 bits per heavy atom. The van der Waals surface area contributed by atoms with E-state index in [1.807, 2.05) is 30.3 Å². The molecule has 0 radical (unpaired) electrons. The number of hydrogen-bond acceptors (Lipinski definition) is 4. The first-order chi connectivity index (χ1) is 9.31. The van der Waals surface area contributed by atoms with Crippen LogP contribution >= 0.6 is 11.8 Å². The molecule has 4 heteroatoms. The van der Waals surface area contributed by atoms with Crippen molar-refractivity contribution in [2.24, 2.45) is 4.99 Å². The highest BCUT2D eigenvalue weighted by Gasteiger charge is 2.27. The number of nitrogens with zero attached hydrogens (tertiary/aromatic N) is 1. The van der Waals surface area contributed by atoms with Crippen molar-refractivity contribution in [2.75, 3.05) is 5.75 Å². The van der Waals surface area contributed by atoms with E-state index in [0.717, 1.165) is 29.2 Å². The number of carbonyl (C=O) groups is 1. The maximum Gasteiger partial charge on any atom is 0.332 e. The van der Waals surface area contributed by atoms with Crippen LogP contribution < -0.4 is 0 Å². The van der Waals surface area contributed by atoms with Gasteiger partial charge < -0.3 is 4.74 Å². The summed E-state index contributed by atoms with van der Waals surface area (Å²) >= 11 is 1.68. The summed E-state index contributed by atoms with van der Waals surface area (Å²) < 4.78 is 5.31. The fourth-order valence-electron chi connectivity index (χ4n) is 1.88. The lowest BCUT2D eigenvalue weighted by Crippen LogP contribution is -2.21. The summed E-state index contributed by atoms with van der Waals surface area (Å²) in [5, 5.41) is 1.07. The molecular formula is C15H15NO2S. The Kier molecular flexibility index (Phi) is 3.69. The summed E-state index contributed by atoms with van der Waals surface area (Å²) in [4.78, 5) is 16.4. The predicted octanol–water partition coefficient (Wildman–Crippen LogP) is 2.96. The van der Waals surface area contributed by atoms with Crippen LogP contribution in [-0.4, -0.2) is 22.8 Å². The van der Waals surface area contributed by atoms with Gasteiger partial charge in [0.05, 0.1) is 5.04 Å². The van der Waals surface area contributed by atoms with Crippen LogP contribution in [0.1, 0.15) is 18.4 Å². The molecule has 2 aliphatic rings. The Morgan fingerprint density at radius 2 is 2.16 bits per heavy atom. The number of ether oxygens (including phenoxy) is 1. The summed E-state index contributed by atoms with van der Waals surface area (Å²) in [6.07, 6.45) is 4.24. The smallest absolute Gasteiger partial charge is 0.332 e. The minimum atomic E-state index is -0.317. The molecule has 0 N–H and O–H groups in total. The standard InChI is InChI=1S/C15H15NO2S/c17-15(18-9-12-4-2-1-3-5-12)13-10-19-14(16-13)8-11-6-7-11/h1-6,13H,7-10H2/t13-/m0/s1. The zero-order chi connectivity index (χ0) is 13.1. The van der Waals surface area contributed by atoms with Crippen LogP contribution in [0.4, 0.5) is 0 Å². The average molecular weight is 273 g/mol. The Hall–Kier alpha value is -1.55.